The minimum absolute atomic E-state index is 0.569. The molecule has 0 amide bonds. The van der Waals surface area contributed by atoms with E-state index in [4.69, 9.17) is 22.6 Å². The van der Waals surface area contributed by atoms with E-state index in [-0.39, 0.29) is 0 Å². The van der Waals surface area contributed by atoms with Crippen molar-refractivity contribution in [1.82, 2.24) is 4.57 Å². The molecule has 1 aromatic heterocycles. The summed E-state index contributed by atoms with van der Waals surface area (Å²) in [6.45, 7) is 0. The van der Waals surface area contributed by atoms with E-state index in [1.807, 2.05) is 35.9 Å². The van der Waals surface area contributed by atoms with Crippen molar-refractivity contribution in [3.63, 3.8) is 0 Å². The molecule has 0 aliphatic carbocycles. The smallest absolute Gasteiger partial charge is 0.122 e. The van der Waals surface area contributed by atoms with Crippen molar-refractivity contribution in [3.8, 4) is 6.07 Å². The number of anilines is 1. The fourth-order valence-corrected chi connectivity index (χ4v) is 2.05. The number of nitrogen functional groups attached to an aromatic ring is 1. The first-order valence-electron chi connectivity index (χ1n) is 5.20. The summed E-state index contributed by atoms with van der Waals surface area (Å²) in [4.78, 5) is 0. The maximum Gasteiger partial charge on any atom is 0.122 e. The topological polar surface area (TPSA) is 54.7 Å². The molecular formula is C13H12ClN3. The molecule has 86 valence electrons. The third kappa shape index (κ3) is 2.27. The molecule has 0 aliphatic rings. The number of rotatable bonds is 2. The number of benzene rings is 1. The van der Waals surface area contributed by atoms with Gasteiger partial charge in [0.15, 0.2) is 0 Å². The van der Waals surface area contributed by atoms with Crippen molar-refractivity contribution >= 4 is 17.3 Å². The molecule has 1 aromatic carbocycles. The summed E-state index contributed by atoms with van der Waals surface area (Å²) < 4.78 is 1.82. The Morgan fingerprint density at radius 1 is 1.41 bits per heavy atom. The van der Waals surface area contributed by atoms with Gasteiger partial charge in [-0.2, -0.15) is 5.26 Å². The highest BCUT2D eigenvalue weighted by Gasteiger charge is 2.10. The van der Waals surface area contributed by atoms with Crippen molar-refractivity contribution in [3.05, 3.63) is 52.3 Å². The quantitative estimate of drug-likeness (QED) is 0.885. The highest BCUT2D eigenvalue weighted by Crippen LogP contribution is 2.21. The lowest BCUT2D eigenvalue weighted by Gasteiger charge is -2.06. The molecule has 17 heavy (non-hydrogen) atoms. The lowest BCUT2D eigenvalue weighted by atomic mass is 10.1. The number of hydrogen-bond donors (Lipinski definition) is 1. The van der Waals surface area contributed by atoms with Crippen LogP contribution >= 0.6 is 11.6 Å². The van der Waals surface area contributed by atoms with Crippen LogP contribution in [-0.2, 0) is 13.5 Å². The average molecular weight is 246 g/mol. The van der Waals surface area contributed by atoms with Gasteiger partial charge in [-0.25, -0.2) is 0 Å². The zero-order valence-corrected chi connectivity index (χ0v) is 10.2. The molecular weight excluding hydrogens is 234 g/mol. The van der Waals surface area contributed by atoms with Gasteiger partial charge in [0.2, 0.25) is 0 Å². The Labute approximate surface area is 105 Å². The Bertz CT molecular complexity index is 593. The molecule has 0 fully saturated rings. The van der Waals surface area contributed by atoms with E-state index >= 15 is 0 Å². The molecule has 1 heterocycles. The normalized spacial score (nSPS) is 10.2. The first-order valence-corrected chi connectivity index (χ1v) is 5.58. The van der Waals surface area contributed by atoms with Gasteiger partial charge in [-0.05, 0) is 23.8 Å². The van der Waals surface area contributed by atoms with Gasteiger partial charge in [0, 0.05) is 24.2 Å². The molecule has 2 N–H and O–H groups in total. The number of nitrogens with zero attached hydrogens (tertiary/aromatic N) is 2. The monoisotopic (exact) mass is 245 g/mol. The summed E-state index contributed by atoms with van der Waals surface area (Å²) in [5.74, 6) is 0. The minimum Gasteiger partial charge on any atom is -0.397 e. The van der Waals surface area contributed by atoms with Crippen molar-refractivity contribution in [1.29, 1.82) is 5.26 Å². The third-order valence-corrected chi connectivity index (χ3v) is 3.00. The van der Waals surface area contributed by atoms with E-state index in [1.54, 1.807) is 6.07 Å². The van der Waals surface area contributed by atoms with Crippen LogP contribution in [0.4, 0.5) is 5.69 Å². The second-order valence-electron chi connectivity index (χ2n) is 3.91. The van der Waals surface area contributed by atoms with E-state index in [0.717, 1.165) is 11.3 Å². The van der Waals surface area contributed by atoms with Gasteiger partial charge in [-0.1, -0.05) is 23.7 Å². The van der Waals surface area contributed by atoms with Gasteiger partial charge in [-0.3, -0.25) is 0 Å². The van der Waals surface area contributed by atoms with Crippen molar-refractivity contribution in [2.75, 3.05) is 5.73 Å². The molecule has 0 spiro atoms. The van der Waals surface area contributed by atoms with Crippen molar-refractivity contribution in [2.24, 2.45) is 7.05 Å². The van der Waals surface area contributed by atoms with Crippen LogP contribution in [-0.4, -0.2) is 4.57 Å². The Balaban J connectivity index is 2.37. The molecule has 0 unspecified atom stereocenters. The predicted octanol–water partition coefficient (Wildman–Crippen LogP) is 2.72. The molecule has 0 saturated carbocycles. The van der Waals surface area contributed by atoms with Gasteiger partial charge in [0.05, 0.1) is 5.69 Å². The predicted molar refractivity (Wildman–Crippen MR) is 68.8 cm³/mol. The largest absolute Gasteiger partial charge is 0.397 e. The maximum absolute atomic E-state index is 8.92. The van der Waals surface area contributed by atoms with Crippen LogP contribution in [0.15, 0.2) is 30.3 Å². The SMILES string of the molecule is Cn1c(C#N)cc(N)c1Cc1cccc(Cl)c1. The van der Waals surface area contributed by atoms with Crippen molar-refractivity contribution < 1.29 is 0 Å². The summed E-state index contributed by atoms with van der Waals surface area (Å²) in [5, 5.41) is 9.62. The zero-order chi connectivity index (χ0) is 12.4. The average Bonchev–Trinajstić information content (AvgIpc) is 2.56. The fraction of sp³-hybridized carbons (Fsp3) is 0.154. The lowest BCUT2D eigenvalue weighted by Crippen LogP contribution is -2.02. The Kier molecular flexibility index (Phi) is 3.08. The van der Waals surface area contributed by atoms with E-state index < -0.39 is 0 Å². The third-order valence-electron chi connectivity index (χ3n) is 2.77. The molecule has 2 aromatic rings. The van der Waals surface area contributed by atoms with Crippen LogP contribution < -0.4 is 5.73 Å². The summed E-state index contributed by atoms with van der Waals surface area (Å²) >= 11 is 5.93. The van der Waals surface area contributed by atoms with E-state index in [0.29, 0.717) is 22.8 Å². The lowest BCUT2D eigenvalue weighted by molar-refractivity contribution is 0.839. The van der Waals surface area contributed by atoms with Crippen molar-refractivity contribution in [2.45, 2.75) is 6.42 Å². The second kappa shape index (κ2) is 4.52. The van der Waals surface area contributed by atoms with Crippen LogP contribution in [0.3, 0.4) is 0 Å². The molecule has 0 bridgehead atoms. The summed E-state index contributed by atoms with van der Waals surface area (Å²) in [7, 11) is 1.84. The molecule has 0 atom stereocenters. The van der Waals surface area contributed by atoms with Crippen LogP contribution in [0.1, 0.15) is 17.0 Å². The Morgan fingerprint density at radius 2 is 2.18 bits per heavy atom. The minimum atomic E-state index is 0.569. The van der Waals surface area contributed by atoms with Crippen LogP contribution in [0, 0.1) is 11.3 Å². The molecule has 2 rings (SSSR count). The van der Waals surface area contributed by atoms with E-state index in [2.05, 4.69) is 6.07 Å². The molecule has 4 heteroatoms. The van der Waals surface area contributed by atoms with Gasteiger partial charge < -0.3 is 10.3 Å². The maximum atomic E-state index is 8.92. The summed E-state index contributed by atoms with van der Waals surface area (Å²) in [5.41, 5.74) is 9.12. The fourth-order valence-electron chi connectivity index (χ4n) is 1.83. The first-order chi connectivity index (χ1) is 8.11. The van der Waals surface area contributed by atoms with Gasteiger partial charge in [0.1, 0.15) is 11.8 Å². The molecule has 0 aliphatic heterocycles. The zero-order valence-electron chi connectivity index (χ0n) is 9.44. The van der Waals surface area contributed by atoms with Gasteiger partial charge >= 0.3 is 0 Å². The standard InChI is InChI=1S/C13H12ClN3/c1-17-11(8-15)7-12(16)13(17)6-9-3-2-4-10(14)5-9/h2-5,7H,6,16H2,1H3. The Hall–Kier alpha value is -1.92. The molecule has 0 saturated heterocycles. The van der Waals surface area contributed by atoms with Crippen LogP contribution in [0.2, 0.25) is 5.02 Å². The second-order valence-corrected chi connectivity index (χ2v) is 4.35. The summed E-state index contributed by atoms with van der Waals surface area (Å²) in [6, 6.07) is 11.4. The molecule has 3 nitrogen and oxygen atoms in total. The number of nitriles is 1. The summed E-state index contributed by atoms with van der Waals surface area (Å²) in [6.07, 6.45) is 0.671. The number of hydrogen-bond acceptors (Lipinski definition) is 2. The Morgan fingerprint density at radius 3 is 2.76 bits per heavy atom. The highest BCUT2D eigenvalue weighted by molar-refractivity contribution is 6.30. The molecule has 0 radical (unpaired) electrons. The number of halogens is 1. The first kappa shape index (κ1) is 11.6. The van der Waals surface area contributed by atoms with E-state index in [9.17, 15) is 0 Å². The van der Waals surface area contributed by atoms with Crippen LogP contribution in [0.5, 0.6) is 0 Å². The number of nitrogens with two attached hydrogens (primary N) is 1. The van der Waals surface area contributed by atoms with Gasteiger partial charge in [-0.15, -0.1) is 0 Å². The van der Waals surface area contributed by atoms with E-state index in [1.165, 1.54) is 0 Å². The van der Waals surface area contributed by atoms with Crippen LogP contribution in [0.25, 0.3) is 0 Å². The number of aromatic nitrogens is 1. The highest BCUT2D eigenvalue weighted by atomic mass is 35.5. The van der Waals surface area contributed by atoms with Gasteiger partial charge in [0.25, 0.3) is 0 Å².